The number of halogens is 1. The fourth-order valence-corrected chi connectivity index (χ4v) is 8.50. The molecular formula is C43H50FN7O9S. The number of aromatic nitrogens is 1. The predicted molar refractivity (Wildman–Crippen MR) is 227 cm³/mol. The van der Waals surface area contributed by atoms with Gasteiger partial charge in [-0.2, -0.15) is 0 Å². The number of ether oxygens (including phenoxy) is 1. The highest BCUT2D eigenvalue weighted by molar-refractivity contribution is 7.10. The first-order valence-corrected chi connectivity index (χ1v) is 21.2. The molecule has 0 spiro atoms. The van der Waals surface area contributed by atoms with Crippen LogP contribution < -0.4 is 32.0 Å². The number of piperazine rings is 1. The molecule has 2 aromatic carbocycles. The van der Waals surface area contributed by atoms with E-state index in [2.05, 4.69) is 16.0 Å². The van der Waals surface area contributed by atoms with E-state index >= 15 is 4.39 Å². The Morgan fingerprint density at radius 3 is 2.36 bits per heavy atom. The number of amides is 5. The van der Waals surface area contributed by atoms with Crippen LogP contribution in [0, 0.1) is 17.2 Å². The quantitative estimate of drug-likeness (QED) is 0.0673. The van der Waals surface area contributed by atoms with Crippen molar-refractivity contribution in [3.05, 3.63) is 92.2 Å². The molecule has 0 radical (unpaired) electrons. The number of benzene rings is 2. The number of aromatic carboxylic acids is 1. The number of anilines is 2. The SMILES string of the molecule is CCn1cc(C(=O)O)c(=O)c2cc(F)c(N3CCN(C(=O)OCc4ccc(NC(=O)[C@H](CCCNC(N)=O)CC(=O)C5(C(=O)N[C@@H](C)c6cccs6)CCC5)cc4)CC3)cc21. The number of carboxylic acid groups (broad SMARTS) is 1. The lowest BCUT2D eigenvalue weighted by atomic mass is 9.63. The zero-order valence-corrected chi connectivity index (χ0v) is 34.9. The monoisotopic (exact) mass is 859 g/mol. The summed E-state index contributed by atoms with van der Waals surface area (Å²) in [6, 6.07) is 12.1. The zero-order chi connectivity index (χ0) is 43.8. The number of rotatable bonds is 17. The second kappa shape index (κ2) is 19.4. The molecule has 2 fully saturated rings. The Kier molecular flexibility index (Phi) is 14.1. The Bertz CT molecular complexity index is 2340. The number of carbonyl (C=O) groups excluding carboxylic acids is 5. The van der Waals surface area contributed by atoms with Crippen molar-refractivity contribution in [3.63, 3.8) is 0 Å². The molecule has 2 aliphatic rings. The average molecular weight is 860 g/mol. The summed E-state index contributed by atoms with van der Waals surface area (Å²) < 4.78 is 22.5. The predicted octanol–water partition coefficient (Wildman–Crippen LogP) is 5.39. The minimum absolute atomic E-state index is 0.0251. The van der Waals surface area contributed by atoms with E-state index in [0.29, 0.717) is 42.6 Å². The number of nitrogens with zero attached hydrogens (tertiary/aromatic N) is 3. The molecule has 18 heteroatoms. The van der Waals surface area contributed by atoms with Gasteiger partial charge >= 0.3 is 18.1 Å². The first-order chi connectivity index (χ1) is 29.2. The lowest BCUT2D eigenvalue weighted by Crippen LogP contribution is -2.52. The summed E-state index contributed by atoms with van der Waals surface area (Å²) in [6.45, 7) is 5.22. The van der Waals surface area contributed by atoms with Gasteiger partial charge in [0.2, 0.25) is 17.2 Å². The third kappa shape index (κ3) is 10.2. The fourth-order valence-electron chi connectivity index (χ4n) is 7.76. The topological polar surface area (TPSA) is 222 Å². The van der Waals surface area contributed by atoms with Gasteiger partial charge in [0.25, 0.3) is 0 Å². The van der Waals surface area contributed by atoms with Crippen molar-refractivity contribution < 1.29 is 43.0 Å². The van der Waals surface area contributed by atoms with Crippen molar-refractivity contribution in [3.8, 4) is 0 Å². The number of Topliss-reactive ketones (excluding diaryl/α,β-unsaturated/α-hetero) is 1. The number of hydrogen-bond donors (Lipinski definition) is 5. The van der Waals surface area contributed by atoms with E-state index in [4.69, 9.17) is 10.5 Å². The maximum Gasteiger partial charge on any atom is 0.410 e. The minimum Gasteiger partial charge on any atom is -0.477 e. The molecule has 5 amide bonds. The van der Waals surface area contributed by atoms with E-state index < -0.39 is 52.1 Å². The lowest BCUT2D eigenvalue weighted by Gasteiger charge is -2.40. The normalized spacial score (nSPS) is 15.6. The van der Waals surface area contributed by atoms with Crippen molar-refractivity contribution in [2.45, 2.75) is 71.6 Å². The molecule has 1 saturated heterocycles. The van der Waals surface area contributed by atoms with Crippen LogP contribution in [0.15, 0.2) is 64.9 Å². The first kappa shape index (κ1) is 44.3. The van der Waals surface area contributed by atoms with Gasteiger partial charge in [0.15, 0.2) is 0 Å². The third-order valence-corrected chi connectivity index (χ3v) is 12.6. The molecule has 61 heavy (non-hydrogen) atoms. The summed E-state index contributed by atoms with van der Waals surface area (Å²) in [5.41, 5.74) is 4.55. The molecule has 6 N–H and O–H groups in total. The Morgan fingerprint density at radius 1 is 1.03 bits per heavy atom. The van der Waals surface area contributed by atoms with Gasteiger partial charge in [-0.1, -0.05) is 24.6 Å². The number of urea groups is 1. The Hall–Kier alpha value is -6.30. The molecule has 0 unspecified atom stereocenters. The van der Waals surface area contributed by atoms with E-state index in [0.717, 1.165) is 17.4 Å². The maximum absolute atomic E-state index is 15.3. The van der Waals surface area contributed by atoms with Crippen LogP contribution in [-0.2, 0) is 32.3 Å². The van der Waals surface area contributed by atoms with Gasteiger partial charge in [0.05, 0.1) is 17.2 Å². The van der Waals surface area contributed by atoms with Crippen LogP contribution in [0.4, 0.5) is 25.4 Å². The van der Waals surface area contributed by atoms with Gasteiger partial charge in [0, 0.05) is 73.8 Å². The summed E-state index contributed by atoms with van der Waals surface area (Å²) >= 11 is 1.51. The van der Waals surface area contributed by atoms with Crippen molar-refractivity contribution in [2.24, 2.45) is 17.1 Å². The molecule has 6 rings (SSSR count). The number of carboxylic acids is 1. The Morgan fingerprint density at radius 2 is 1.75 bits per heavy atom. The second-order valence-corrected chi connectivity index (χ2v) is 16.4. The number of ketones is 1. The van der Waals surface area contributed by atoms with Crippen molar-refractivity contribution in [1.29, 1.82) is 0 Å². The van der Waals surface area contributed by atoms with Crippen LogP contribution in [0.2, 0.25) is 0 Å². The number of primary amides is 1. The summed E-state index contributed by atoms with van der Waals surface area (Å²) in [4.78, 5) is 93.8. The van der Waals surface area contributed by atoms with Gasteiger partial charge in [-0.15, -0.1) is 11.3 Å². The van der Waals surface area contributed by atoms with E-state index in [1.165, 1.54) is 28.5 Å². The smallest absolute Gasteiger partial charge is 0.410 e. The number of nitrogens with one attached hydrogen (secondary N) is 3. The average Bonchev–Trinajstić information content (AvgIpc) is 3.77. The van der Waals surface area contributed by atoms with Crippen LogP contribution in [-0.4, -0.2) is 83.0 Å². The molecule has 1 aliphatic heterocycles. The molecule has 1 aliphatic carbocycles. The van der Waals surface area contributed by atoms with E-state index in [1.807, 2.05) is 24.4 Å². The van der Waals surface area contributed by atoms with Crippen LogP contribution in [0.25, 0.3) is 10.9 Å². The Labute approximate surface area is 355 Å². The zero-order valence-electron chi connectivity index (χ0n) is 34.0. The number of fused-ring (bicyclic) bond motifs is 1. The van der Waals surface area contributed by atoms with Gasteiger partial charge in [-0.3, -0.25) is 19.2 Å². The summed E-state index contributed by atoms with van der Waals surface area (Å²) in [5, 5.41) is 19.7. The standard InChI is InChI=1S/C43H50FN7O9S/c1-3-49-24-31(39(55)56)37(53)30-22-32(44)34(23-33(30)49)50-16-18-51(19-17-50)42(59)60-25-27-9-11-29(12-10-27)48-38(54)28(7-4-15-46-41(45)58)21-36(52)43(13-6-14-43)40(57)47-26(2)35-8-5-20-61-35/h5,8-12,20,22-24,26,28H,3-4,6-7,13-19,21,25H2,1-2H3,(H,47,57)(H,48,54)(H,55,56)(H3,45,46,58)/t26-,28+/m0/s1. The molecule has 2 atom stereocenters. The van der Waals surface area contributed by atoms with E-state index in [9.17, 15) is 38.7 Å². The van der Waals surface area contributed by atoms with Crippen molar-refractivity contribution >= 4 is 69.3 Å². The number of hydrogen-bond acceptors (Lipinski definition) is 10. The van der Waals surface area contributed by atoms with Crippen LogP contribution >= 0.6 is 11.3 Å². The van der Waals surface area contributed by atoms with Crippen LogP contribution in [0.1, 0.15) is 79.2 Å². The van der Waals surface area contributed by atoms with E-state index in [1.54, 1.807) is 40.7 Å². The number of thiophene rings is 1. The van der Waals surface area contributed by atoms with Crippen molar-refractivity contribution in [1.82, 2.24) is 20.1 Å². The van der Waals surface area contributed by atoms with Crippen molar-refractivity contribution in [2.75, 3.05) is 42.9 Å². The van der Waals surface area contributed by atoms with Gasteiger partial charge in [0.1, 0.15) is 29.2 Å². The fraction of sp³-hybridized carbons (Fsp3) is 0.419. The van der Waals surface area contributed by atoms with E-state index in [-0.39, 0.29) is 81.0 Å². The highest BCUT2D eigenvalue weighted by Gasteiger charge is 2.51. The van der Waals surface area contributed by atoms with Crippen LogP contribution in [0.5, 0.6) is 0 Å². The van der Waals surface area contributed by atoms with Gasteiger partial charge in [-0.05, 0) is 80.8 Å². The third-order valence-electron chi connectivity index (χ3n) is 11.5. The molecule has 16 nitrogen and oxygen atoms in total. The van der Waals surface area contributed by atoms with Gasteiger partial charge in [-0.25, -0.2) is 18.8 Å². The molecule has 324 valence electrons. The molecule has 3 heterocycles. The van der Waals surface area contributed by atoms with Gasteiger partial charge < -0.3 is 45.9 Å². The maximum atomic E-state index is 15.3. The van der Waals surface area contributed by atoms with Crippen LogP contribution in [0.3, 0.4) is 0 Å². The molecule has 1 saturated carbocycles. The number of nitrogens with two attached hydrogens (primary N) is 1. The Balaban J connectivity index is 1.02. The number of aryl methyl sites for hydroxylation is 1. The highest BCUT2D eigenvalue weighted by Crippen LogP contribution is 2.44. The first-order valence-electron chi connectivity index (χ1n) is 20.3. The summed E-state index contributed by atoms with van der Waals surface area (Å²) in [7, 11) is 0. The molecule has 0 bridgehead atoms. The largest absolute Gasteiger partial charge is 0.477 e. The highest BCUT2D eigenvalue weighted by atomic mass is 32.1. The summed E-state index contributed by atoms with van der Waals surface area (Å²) in [5.74, 6) is -3.88. The molecule has 2 aromatic heterocycles. The minimum atomic E-state index is -1.39. The second-order valence-electron chi connectivity index (χ2n) is 15.4. The number of carbonyl (C=O) groups is 6. The summed E-state index contributed by atoms with van der Waals surface area (Å²) in [6.07, 6.45) is 2.72. The lowest BCUT2D eigenvalue weighted by molar-refractivity contribution is -0.150. The molecule has 4 aromatic rings. The molecular weight excluding hydrogens is 810 g/mol. The number of pyridine rings is 1.